The molecule has 0 atom stereocenters. The van der Waals surface area contributed by atoms with E-state index in [4.69, 9.17) is 0 Å². The molecule has 266 valence electrons. The highest BCUT2D eigenvalue weighted by Crippen LogP contribution is 2.64. The Morgan fingerprint density at radius 1 is 0.617 bits per heavy atom. The number of alkyl halides is 17. The van der Waals surface area contributed by atoms with Gasteiger partial charge in [0.15, 0.2) is 5.82 Å². The summed E-state index contributed by atoms with van der Waals surface area (Å²) in [6.07, 6.45) is -6.71. The minimum absolute atomic E-state index is 0.196. The van der Waals surface area contributed by atoms with Gasteiger partial charge in [-0.1, -0.05) is 37.6 Å². The van der Waals surface area contributed by atoms with E-state index in [1.165, 1.54) is 24.3 Å². The van der Waals surface area contributed by atoms with Crippen molar-refractivity contribution in [3.05, 3.63) is 47.8 Å². The van der Waals surface area contributed by atoms with Gasteiger partial charge in [0.25, 0.3) is 0 Å². The molecule has 0 saturated carbocycles. The number of halogens is 17. The van der Waals surface area contributed by atoms with Crippen LogP contribution in [-0.2, 0) is 22.4 Å². The predicted octanol–water partition coefficient (Wildman–Crippen LogP) is 8.97. The number of hydrogen-bond acceptors (Lipinski definition) is 4. The molecule has 47 heavy (non-hydrogen) atoms. The van der Waals surface area contributed by atoms with Crippen LogP contribution in [0.2, 0.25) is 0 Å². The normalized spacial score (nSPS) is 14.3. The molecule has 0 amide bonds. The molecule has 0 aliphatic heterocycles. The fourth-order valence-electron chi connectivity index (χ4n) is 3.71. The van der Waals surface area contributed by atoms with Crippen molar-refractivity contribution in [2.45, 2.75) is 86.7 Å². The van der Waals surface area contributed by atoms with Gasteiger partial charge in [-0.2, -0.15) is 74.6 Å². The van der Waals surface area contributed by atoms with Gasteiger partial charge in [0.1, 0.15) is 0 Å². The van der Waals surface area contributed by atoms with Crippen molar-refractivity contribution in [2.75, 3.05) is 6.61 Å². The first-order chi connectivity index (χ1) is 21.1. The van der Waals surface area contributed by atoms with E-state index in [-0.39, 0.29) is 6.42 Å². The summed E-state index contributed by atoms with van der Waals surface area (Å²) in [7, 11) is 0. The second-order valence-electron chi connectivity index (χ2n) is 9.98. The van der Waals surface area contributed by atoms with Crippen molar-refractivity contribution in [3.8, 4) is 11.4 Å². The van der Waals surface area contributed by atoms with Gasteiger partial charge in [0, 0.05) is 24.4 Å². The van der Waals surface area contributed by atoms with Crippen LogP contribution in [-0.4, -0.2) is 70.2 Å². The van der Waals surface area contributed by atoms with Crippen LogP contribution in [0.4, 0.5) is 74.6 Å². The van der Waals surface area contributed by atoms with Crippen molar-refractivity contribution in [1.29, 1.82) is 0 Å². The highest BCUT2D eigenvalue weighted by molar-refractivity contribution is 5.69. The molecule has 0 spiro atoms. The average molecular weight is 716 g/mol. The number of rotatable bonds is 15. The molecule has 0 aliphatic carbocycles. The first kappa shape index (κ1) is 39.8. The van der Waals surface area contributed by atoms with Crippen molar-refractivity contribution < 1.29 is 84.2 Å². The maximum atomic E-state index is 13.9. The molecule has 0 aliphatic rings. The van der Waals surface area contributed by atoms with E-state index >= 15 is 0 Å². The zero-order valence-corrected chi connectivity index (χ0v) is 23.3. The number of aromatic nitrogens is 2. The standard InChI is InChI=1S/C26H21F17N2O2/c1-2-3-15-12-44-18(45-13-15)16-7-4-14(5-8-16)6-9-17(46)47-11-10-19(27,28)20(29,30)21(31,32)22(33,34)23(35,36)24(37,38)25(39,40)26(41,42)43/h4-5,7-8,12-13H,2-3,6,9-11H2,1H3. The molecular formula is C26H21F17N2O2. The van der Waals surface area contributed by atoms with E-state index in [0.717, 1.165) is 18.4 Å². The summed E-state index contributed by atoms with van der Waals surface area (Å²) in [6, 6.07) is 5.98. The number of esters is 1. The summed E-state index contributed by atoms with van der Waals surface area (Å²) in [5, 5.41) is 0. The van der Waals surface area contributed by atoms with Crippen LogP contribution in [0.3, 0.4) is 0 Å². The number of hydrogen-bond donors (Lipinski definition) is 0. The van der Waals surface area contributed by atoms with Crippen LogP contribution < -0.4 is 0 Å². The number of carbonyl (C=O) groups is 1. The van der Waals surface area contributed by atoms with Crippen molar-refractivity contribution in [1.82, 2.24) is 9.97 Å². The lowest BCUT2D eigenvalue weighted by molar-refractivity contribution is -0.461. The summed E-state index contributed by atoms with van der Waals surface area (Å²) in [4.78, 5) is 20.2. The third-order valence-electron chi connectivity index (χ3n) is 6.54. The minimum Gasteiger partial charge on any atom is -0.465 e. The van der Waals surface area contributed by atoms with Crippen LogP contribution in [0.5, 0.6) is 0 Å². The molecule has 0 N–H and O–H groups in total. The van der Waals surface area contributed by atoms with E-state index < -0.39 is 73.1 Å². The average Bonchev–Trinajstić information content (AvgIpc) is 2.95. The van der Waals surface area contributed by atoms with E-state index in [1.807, 2.05) is 6.92 Å². The van der Waals surface area contributed by atoms with E-state index in [9.17, 15) is 79.4 Å². The summed E-state index contributed by atoms with van der Waals surface area (Å²) in [5.74, 6) is -58.1. The van der Waals surface area contributed by atoms with Crippen LogP contribution >= 0.6 is 0 Å². The van der Waals surface area contributed by atoms with Gasteiger partial charge in [-0.15, -0.1) is 0 Å². The second kappa shape index (κ2) is 13.2. The predicted molar refractivity (Wildman–Crippen MR) is 126 cm³/mol. The molecule has 0 fully saturated rings. The quantitative estimate of drug-likeness (QED) is 0.137. The van der Waals surface area contributed by atoms with Crippen LogP contribution in [0.1, 0.15) is 37.3 Å². The number of ether oxygens (including phenoxy) is 1. The number of nitrogens with zero attached hydrogens (tertiary/aromatic N) is 2. The largest absolute Gasteiger partial charge is 0.465 e. The number of benzene rings is 1. The Kier molecular flexibility index (Phi) is 11.2. The molecule has 4 nitrogen and oxygen atoms in total. The summed E-state index contributed by atoms with van der Waals surface area (Å²) in [5.41, 5.74) is 1.83. The Morgan fingerprint density at radius 2 is 1.06 bits per heavy atom. The van der Waals surface area contributed by atoms with E-state index in [1.54, 1.807) is 12.4 Å². The lowest BCUT2D eigenvalue weighted by Gasteiger charge is -2.42. The Balaban J connectivity index is 2.07. The van der Waals surface area contributed by atoms with Gasteiger partial charge in [-0.05, 0) is 24.0 Å². The van der Waals surface area contributed by atoms with Gasteiger partial charge in [0.2, 0.25) is 0 Å². The first-order valence-electron chi connectivity index (χ1n) is 12.9. The molecule has 2 aromatic rings. The molecule has 21 heteroatoms. The van der Waals surface area contributed by atoms with E-state index in [0.29, 0.717) is 17.0 Å². The maximum absolute atomic E-state index is 13.9. The molecule has 0 radical (unpaired) electrons. The fraction of sp³-hybridized carbons (Fsp3) is 0.577. The number of aryl methyl sites for hydroxylation is 2. The molecular weight excluding hydrogens is 695 g/mol. The summed E-state index contributed by atoms with van der Waals surface area (Å²) in [6.45, 7) is -0.0277. The number of carbonyl (C=O) groups excluding carboxylic acids is 1. The van der Waals surface area contributed by atoms with Crippen LogP contribution in [0.15, 0.2) is 36.7 Å². The van der Waals surface area contributed by atoms with Gasteiger partial charge in [-0.25, -0.2) is 9.97 Å². The van der Waals surface area contributed by atoms with Crippen LogP contribution in [0.25, 0.3) is 11.4 Å². The SMILES string of the molecule is CCCc1cnc(-c2ccc(CCC(=O)OCCC(F)(F)C(F)(F)C(F)(F)C(F)(F)C(F)(F)C(F)(F)C(F)(F)C(F)(F)F)cc2)nc1. The second-order valence-corrected chi connectivity index (χ2v) is 9.98. The van der Waals surface area contributed by atoms with Gasteiger partial charge < -0.3 is 4.74 Å². The lowest BCUT2D eigenvalue weighted by Crippen LogP contribution is -2.74. The molecule has 1 aromatic carbocycles. The zero-order chi connectivity index (χ0) is 36.5. The molecule has 0 bridgehead atoms. The van der Waals surface area contributed by atoms with Crippen molar-refractivity contribution >= 4 is 5.97 Å². The molecule has 1 aromatic heterocycles. The molecule has 1 heterocycles. The fourth-order valence-corrected chi connectivity index (χ4v) is 3.71. The highest BCUT2D eigenvalue weighted by Gasteiger charge is 2.95. The molecule has 2 rings (SSSR count). The highest BCUT2D eigenvalue weighted by atomic mass is 19.4. The van der Waals surface area contributed by atoms with Gasteiger partial charge >= 0.3 is 53.6 Å². The minimum atomic E-state index is -8.70. The Bertz CT molecular complexity index is 1360. The summed E-state index contributed by atoms with van der Waals surface area (Å²) >= 11 is 0. The van der Waals surface area contributed by atoms with Gasteiger partial charge in [-0.3, -0.25) is 4.79 Å². The topological polar surface area (TPSA) is 52.1 Å². The first-order valence-corrected chi connectivity index (χ1v) is 12.9. The third-order valence-corrected chi connectivity index (χ3v) is 6.54. The molecule has 0 saturated heterocycles. The monoisotopic (exact) mass is 716 g/mol. The van der Waals surface area contributed by atoms with Crippen molar-refractivity contribution in [3.63, 3.8) is 0 Å². The van der Waals surface area contributed by atoms with Gasteiger partial charge in [0.05, 0.1) is 13.0 Å². The smallest absolute Gasteiger partial charge is 0.460 e. The maximum Gasteiger partial charge on any atom is 0.460 e. The Morgan fingerprint density at radius 3 is 1.51 bits per heavy atom. The Labute approximate surface area is 253 Å². The zero-order valence-electron chi connectivity index (χ0n) is 23.3. The Hall–Kier alpha value is -3.42. The van der Waals surface area contributed by atoms with Crippen LogP contribution in [0, 0.1) is 0 Å². The summed E-state index contributed by atoms with van der Waals surface area (Å²) < 4.78 is 231. The van der Waals surface area contributed by atoms with Crippen molar-refractivity contribution in [2.24, 2.45) is 0 Å². The molecule has 0 unspecified atom stereocenters. The lowest BCUT2D eigenvalue weighted by atomic mass is 9.88. The third kappa shape index (κ3) is 7.22. The van der Waals surface area contributed by atoms with E-state index in [2.05, 4.69) is 14.7 Å².